The third-order valence-corrected chi connectivity index (χ3v) is 3.34. The molecule has 0 radical (unpaired) electrons. The number of ether oxygens (including phenoxy) is 1. The molecule has 1 aromatic rings. The smallest absolute Gasteiger partial charge is 0.406 e. The molecule has 0 bridgehead atoms. The Labute approximate surface area is 133 Å². The maximum atomic E-state index is 12.4. The second kappa shape index (κ2) is 7.19. The van der Waals surface area contributed by atoms with Crippen LogP contribution in [0.2, 0.25) is 0 Å². The fraction of sp³-hybridized carbons (Fsp3) is 0.500. The topological polar surface area (TPSA) is 41.6 Å². The predicted molar refractivity (Wildman–Crippen MR) is 78.3 cm³/mol. The van der Waals surface area contributed by atoms with E-state index < -0.39 is 6.36 Å². The zero-order chi connectivity index (χ0) is 15.6. The maximum absolute atomic E-state index is 12.4. The minimum Gasteiger partial charge on any atom is -0.406 e. The van der Waals surface area contributed by atoms with Gasteiger partial charge in [0.2, 0.25) is 0 Å². The van der Waals surface area contributed by atoms with Crippen LogP contribution < -0.4 is 10.1 Å². The molecular formula is C14H18ClF3N2O2. The summed E-state index contributed by atoms with van der Waals surface area (Å²) < 4.78 is 40.5. The summed E-state index contributed by atoms with van der Waals surface area (Å²) in [7, 11) is 0. The van der Waals surface area contributed by atoms with Gasteiger partial charge in [0, 0.05) is 30.7 Å². The van der Waals surface area contributed by atoms with Crippen LogP contribution >= 0.6 is 12.4 Å². The number of hydrogen-bond donors (Lipinski definition) is 1. The highest BCUT2D eigenvalue weighted by atomic mass is 35.5. The second-order valence-electron chi connectivity index (χ2n) is 5.19. The van der Waals surface area contributed by atoms with Crippen molar-refractivity contribution in [2.75, 3.05) is 13.1 Å². The Balaban J connectivity index is 0.00000242. The van der Waals surface area contributed by atoms with Crippen LogP contribution in [0.4, 0.5) is 13.2 Å². The number of nitrogens with zero attached hydrogens (tertiary/aromatic N) is 1. The van der Waals surface area contributed by atoms with Crippen LogP contribution in [0.5, 0.6) is 5.75 Å². The van der Waals surface area contributed by atoms with Gasteiger partial charge in [-0.1, -0.05) is 6.07 Å². The van der Waals surface area contributed by atoms with Crippen molar-refractivity contribution < 1.29 is 22.7 Å². The average molecular weight is 339 g/mol. The summed E-state index contributed by atoms with van der Waals surface area (Å²) in [4.78, 5) is 14.1. The third kappa shape index (κ3) is 4.78. The van der Waals surface area contributed by atoms with Crippen molar-refractivity contribution in [3.63, 3.8) is 0 Å². The maximum Gasteiger partial charge on any atom is 0.573 e. The molecule has 1 amide bonds. The number of piperazine rings is 1. The molecule has 2 rings (SSSR count). The number of hydrogen-bond acceptors (Lipinski definition) is 3. The number of rotatable bonds is 2. The molecule has 2 atom stereocenters. The van der Waals surface area contributed by atoms with Gasteiger partial charge in [0.15, 0.2) is 0 Å². The highest BCUT2D eigenvalue weighted by Gasteiger charge is 2.32. The first-order valence-corrected chi connectivity index (χ1v) is 6.66. The van der Waals surface area contributed by atoms with Crippen LogP contribution in [0.25, 0.3) is 0 Å². The van der Waals surface area contributed by atoms with Gasteiger partial charge in [-0.3, -0.25) is 4.79 Å². The van der Waals surface area contributed by atoms with Gasteiger partial charge < -0.3 is 15.0 Å². The fourth-order valence-electron chi connectivity index (χ4n) is 2.30. The summed E-state index contributed by atoms with van der Waals surface area (Å²) in [6.45, 7) is 5.03. The van der Waals surface area contributed by atoms with Crippen LogP contribution in [-0.4, -0.2) is 42.3 Å². The van der Waals surface area contributed by atoms with Crippen LogP contribution in [-0.2, 0) is 0 Å². The number of alkyl halides is 3. The lowest BCUT2D eigenvalue weighted by Gasteiger charge is -2.37. The third-order valence-electron chi connectivity index (χ3n) is 3.34. The van der Waals surface area contributed by atoms with Crippen LogP contribution in [0, 0.1) is 0 Å². The van der Waals surface area contributed by atoms with Crippen molar-refractivity contribution in [1.82, 2.24) is 10.2 Å². The Morgan fingerprint density at radius 2 is 2.05 bits per heavy atom. The first kappa shape index (κ1) is 18.6. The van der Waals surface area contributed by atoms with E-state index in [9.17, 15) is 18.0 Å². The summed E-state index contributed by atoms with van der Waals surface area (Å²) in [5.41, 5.74) is 0.192. The van der Waals surface area contributed by atoms with Gasteiger partial charge in [-0.15, -0.1) is 25.6 Å². The highest BCUT2D eigenvalue weighted by Crippen LogP contribution is 2.24. The Morgan fingerprint density at radius 3 is 2.68 bits per heavy atom. The standard InChI is InChI=1S/C14H17F3N2O2.ClH/c1-9-8-19(10(2)7-18-9)13(20)11-4-3-5-12(6-11)21-14(15,16)17;/h3-6,9-10,18H,7-8H2,1-2H3;1H. The minimum atomic E-state index is -4.77. The Kier molecular flexibility index (Phi) is 6.08. The molecule has 1 fully saturated rings. The quantitative estimate of drug-likeness (QED) is 0.901. The van der Waals surface area contributed by atoms with Gasteiger partial charge in [-0.25, -0.2) is 0 Å². The van der Waals surface area contributed by atoms with E-state index in [1.165, 1.54) is 18.2 Å². The van der Waals surface area contributed by atoms with E-state index in [1.54, 1.807) is 4.90 Å². The minimum absolute atomic E-state index is 0. The van der Waals surface area contributed by atoms with Crippen LogP contribution in [0.3, 0.4) is 0 Å². The second-order valence-corrected chi connectivity index (χ2v) is 5.19. The molecular weight excluding hydrogens is 321 g/mol. The van der Waals surface area contributed by atoms with Crippen molar-refractivity contribution in [3.8, 4) is 5.75 Å². The van der Waals surface area contributed by atoms with E-state index >= 15 is 0 Å². The highest BCUT2D eigenvalue weighted by molar-refractivity contribution is 5.95. The number of nitrogens with one attached hydrogen (secondary N) is 1. The Bertz CT molecular complexity index is 525. The molecule has 1 heterocycles. The molecule has 2 unspecified atom stereocenters. The number of benzene rings is 1. The normalized spacial score (nSPS) is 22.0. The fourth-order valence-corrected chi connectivity index (χ4v) is 2.30. The van der Waals surface area contributed by atoms with E-state index in [4.69, 9.17) is 0 Å². The van der Waals surface area contributed by atoms with Crippen molar-refractivity contribution in [2.45, 2.75) is 32.3 Å². The summed E-state index contributed by atoms with van der Waals surface area (Å²) in [6, 6.07) is 5.31. The Hall–Kier alpha value is -1.47. The molecule has 1 saturated heterocycles. The molecule has 0 aliphatic carbocycles. The number of amides is 1. The molecule has 8 heteroatoms. The van der Waals surface area contributed by atoms with E-state index in [1.807, 2.05) is 13.8 Å². The predicted octanol–water partition coefficient (Wildman–Crippen LogP) is 2.83. The van der Waals surface area contributed by atoms with Gasteiger partial charge in [0.25, 0.3) is 5.91 Å². The molecule has 22 heavy (non-hydrogen) atoms. The summed E-state index contributed by atoms with van der Waals surface area (Å²) in [5, 5.41) is 3.24. The summed E-state index contributed by atoms with van der Waals surface area (Å²) >= 11 is 0. The molecule has 1 aliphatic heterocycles. The molecule has 1 aliphatic rings. The molecule has 0 aromatic heterocycles. The van der Waals surface area contributed by atoms with Crippen molar-refractivity contribution >= 4 is 18.3 Å². The summed E-state index contributed by atoms with van der Waals surface area (Å²) in [6.07, 6.45) is -4.77. The van der Waals surface area contributed by atoms with Crippen molar-refractivity contribution in [3.05, 3.63) is 29.8 Å². The lowest BCUT2D eigenvalue weighted by molar-refractivity contribution is -0.274. The van der Waals surface area contributed by atoms with E-state index in [0.29, 0.717) is 13.1 Å². The zero-order valence-electron chi connectivity index (χ0n) is 12.2. The van der Waals surface area contributed by atoms with Crippen molar-refractivity contribution in [1.29, 1.82) is 0 Å². The molecule has 1 aromatic carbocycles. The van der Waals surface area contributed by atoms with Gasteiger partial charge >= 0.3 is 6.36 Å². The van der Waals surface area contributed by atoms with Crippen LogP contribution in [0.15, 0.2) is 24.3 Å². The monoisotopic (exact) mass is 338 g/mol. The summed E-state index contributed by atoms with van der Waals surface area (Å²) in [5.74, 6) is -0.673. The number of carbonyl (C=O) groups is 1. The molecule has 124 valence electrons. The average Bonchev–Trinajstić information content (AvgIpc) is 2.39. The first-order valence-electron chi connectivity index (χ1n) is 6.66. The van der Waals surface area contributed by atoms with E-state index in [0.717, 1.165) is 6.07 Å². The van der Waals surface area contributed by atoms with Crippen LogP contribution in [0.1, 0.15) is 24.2 Å². The largest absolute Gasteiger partial charge is 0.573 e. The van der Waals surface area contributed by atoms with Crippen molar-refractivity contribution in [2.24, 2.45) is 0 Å². The SMILES string of the molecule is CC1CN(C(=O)c2cccc(OC(F)(F)F)c2)C(C)CN1.Cl. The van der Waals surface area contributed by atoms with E-state index in [2.05, 4.69) is 10.1 Å². The molecule has 1 N–H and O–H groups in total. The van der Waals surface area contributed by atoms with Gasteiger partial charge in [0.1, 0.15) is 5.75 Å². The van der Waals surface area contributed by atoms with E-state index in [-0.39, 0.29) is 41.7 Å². The number of carbonyl (C=O) groups excluding carboxylic acids is 1. The molecule has 0 spiro atoms. The lowest BCUT2D eigenvalue weighted by atomic mass is 10.1. The van der Waals surface area contributed by atoms with Gasteiger partial charge in [-0.05, 0) is 32.0 Å². The van der Waals surface area contributed by atoms with Gasteiger partial charge in [0.05, 0.1) is 0 Å². The Morgan fingerprint density at radius 1 is 1.36 bits per heavy atom. The molecule has 0 saturated carbocycles. The van der Waals surface area contributed by atoms with Gasteiger partial charge in [-0.2, -0.15) is 0 Å². The molecule has 4 nitrogen and oxygen atoms in total. The number of halogens is 4. The first-order chi connectivity index (χ1) is 9.76. The lowest BCUT2D eigenvalue weighted by Crippen LogP contribution is -2.56. The zero-order valence-corrected chi connectivity index (χ0v) is 13.0.